The lowest BCUT2D eigenvalue weighted by Gasteiger charge is -2.37. The Hall–Kier alpha value is -4.15. The van der Waals surface area contributed by atoms with Crippen LogP contribution in [0.2, 0.25) is 0 Å². The maximum absolute atomic E-state index is 13.7. The molecular weight excluding hydrogens is 523 g/mol. The summed E-state index contributed by atoms with van der Waals surface area (Å²) in [5.41, 5.74) is 2.53. The third-order valence-corrected chi connectivity index (χ3v) is 7.60. The van der Waals surface area contributed by atoms with Crippen LogP contribution in [0, 0.1) is 11.2 Å². The van der Waals surface area contributed by atoms with Crippen LogP contribution < -0.4 is 10.6 Å². The van der Waals surface area contributed by atoms with E-state index in [9.17, 15) is 9.18 Å². The number of nitrogens with zero attached hydrogens (tertiary/aromatic N) is 3. The molecule has 10 heteroatoms. The first-order valence-corrected chi connectivity index (χ1v) is 14.0. The number of aromatic amines is 1. The summed E-state index contributed by atoms with van der Waals surface area (Å²) >= 11 is 0. The smallest absolute Gasteiger partial charge is 0.230 e. The fourth-order valence-corrected chi connectivity index (χ4v) is 5.22. The lowest BCUT2D eigenvalue weighted by Crippen LogP contribution is -2.51. The van der Waals surface area contributed by atoms with Crippen molar-refractivity contribution in [3.05, 3.63) is 78.5 Å². The van der Waals surface area contributed by atoms with Crippen LogP contribution in [0.15, 0.2) is 66.9 Å². The van der Waals surface area contributed by atoms with Crippen molar-refractivity contribution in [1.82, 2.24) is 25.3 Å². The molecule has 0 atom stereocenters. The molecule has 6 rings (SSSR count). The summed E-state index contributed by atoms with van der Waals surface area (Å²) < 4.78 is 25.9. The van der Waals surface area contributed by atoms with Crippen molar-refractivity contribution in [3.8, 4) is 22.6 Å². The number of hydrogen-bond acceptors (Lipinski definition) is 7. The third kappa shape index (κ3) is 6.13. The van der Waals surface area contributed by atoms with Crippen molar-refractivity contribution in [1.29, 1.82) is 0 Å². The van der Waals surface area contributed by atoms with Crippen LogP contribution in [-0.4, -0.2) is 45.1 Å². The van der Waals surface area contributed by atoms with E-state index >= 15 is 0 Å². The molecule has 2 aromatic carbocycles. The van der Waals surface area contributed by atoms with Gasteiger partial charge in [-0.3, -0.25) is 4.79 Å². The molecule has 2 aliphatic rings. The molecule has 0 radical (unpaired) electrons. The standard InChI is InChI=1S/C31H33FN6O3/c1-31(29(39)34-22-8-4-2-5-9-22)18-40-28(41-19-31)27-37-25(20-12-14-21(32)15-13-20)26(38-27)24-16-17-33-30(36-24)35-23-10-6-3-7-11-23/h3,6-7,10-17,22,28H,2,4-5,8-9,18-19H2,1H3,(H,34,39)(H,37,38)(H,33,35,36). The first kappa shape index (κ1) is 27.0. The highest BCUT2D eigenvalue weighted by Crippen LogP contribution is 2.36. The van der Waals surface area contributed by atoms with Gasteiger partial charge in [-0.15, -0.1) is 0 Å². The Morgan fingerprint density at radius 1 is 0.976 bits per heavy atom. The molecule has 2 aromatic heterocycles. The number of H-pyrrole nitrogens is 1. The first-order valence-electron chi connectivity index (χ1n) is 14.0. The molecule has 1 aliphatic carbocycles. The van der Waals surface area contributed by atoms with Gasteiger partial charge in [0.2, 0.25) is 18.1 Å². The summed E-state index contributed by atoms with van der Waals surface area (Å²) in [6.45, 7) is 2.24. The van der Waals surface area contributed by atoms with Gasteiger partial charge in [0, 0.05) is 23.5 Å². The Bertz CT molecular complexity index is 1480. The van der Waals surface area contributed by atoms with Crippen LogP contribution in [0.5, 0.6) is 0 Å². The van der Waals surface area contributed by atoms with Gasteiger partial charge < -0.3 is 25.1 Å². The molecule has 0 spiro atoms. The average molecular weight is 557 g/mol. The van der Waals surface area contributed by atoms with Gasteiger partial charge in [0.1, 0.15) is 5.82 Å². The summed E-state index contributed by atoms with van der Waals surface area (Å²) in [5.74, 6) is 0.464. The number of halogens is 1. The highest BCUT2D eigenvalue weighted by atomic mass is 19.1. The molecule has 3 N–H and O–H groups in total. The number of amides is 1. The van der Waals surface area contributed by atoms with E-state index in [2.05, 4.69) is 20.6 Å². The molecule has 4 aromatic rings. The highest BCUT2D eigenvalue weighted by molar-refractivity contribution is 5.83. The van der Waals surface area contributed by atoms with E-state index in [0.29, 0.717) is 34.4 Å². The number of imidazole rings is 1. The molecular formula is C31H33FN6O3. The van der Waals surface area contributed by atoms with Gasteiger partial charge in [0.15, 0.2) is 5.82 Å². The van der Waals surface area contributed by atoms with Crippen molar-refractivity contribution in [3.63, 3.8) is 0 Å². The van der Waals surface area contributed by atoms with Gasteiger partial charge in [0.05, 0.1) is 35.7 Å². The predicted molar refractivity (Wildman–Crippen MR) is 153 cm³/mol. The van der Waals surface area contributed by atoms with Crippen LogP contribution in [0.1, 0.15) is 51.1 Å². The van der Waals surface area contributed by atoms with Crippen LogP contribution in [-0.2, 0) is 14.3 Å². The van der Waals surface area contributed by atoms with Gasteiger partial charge >= 0.3 is 0 Å². The van der Waals surface area contributed by atoms with Gasteiger partial charge in [0.25, 0.3) is 0 Å². The van der Waals surface area contributed by atoms with Crippen molar-refractivity contribution in [2.75, 3.05) is 18.5 Å². The van der Waals surface area contributed by atoms with Crippen LogP contribution in [0.3, 0.4) is 0 Å². The molecule has 2 fully saturated rings. The average Bonchev–Trinajstić information content (AvgIpc) is 3.45. The lowest BCUT2D eigenvalue weighted by molar-refractivity contribution is -0.231. The summed E-state index contributed by atoms with van der Waals surface area (Å²) in [4.78, 5) is 30.3. The fraction of sp³-hybridized carbons (Fsp3) is 0.355. The number of aromatic nitrogens is 4. The molecule has 1 saturated carbocycles. The maximum Gasteiger partial charge on any atom is 0.230 e. The Balaban J connectivity index is 1.24. The summed E-state index contributed by atoms with van der Waals surface area (Å²) in [5, 5.41) is 6.40. The van der Waals surface area contributed by atoms with E-state index < -0.39 is 11.7 Å². The summed E-state index contributed by atoms with van der Waals surface area (Å²) in [6.07, 6.45) is 6.39. The van der Waals surface area contributed by atoms with Crippen LogP contribution >= 0.6 is 0 Å². The minimum Gasteiger partial charge on any atom is -0.353 e. The first-order chi connectivity index (χ1) is 20.0. The predicted octanol–water partition coefficient (Wildman–Crippen LogP) is 5.92. The number of carbonyl (C=O) groups is 1. The number of para-hydroxylation sites is 1. The number of ether oxygens (including phenoxy) is 2. The largest absolute Gasteiger partial charge is 0.353 e. The second-order valence-corrected chi connectivity index (χ2v) is 10.9. The molecule has 1 aliphatic heterocycles. The van der Waals surface area contributed by atoms with Crippen LogP contribution in [0.4, 0.5) is 16.0 Å². The van der Waals surface area contributed by atoms with Gasteiger partial charge in [-0.25, -0.2) is 19.3 Å². The second kappa shape index (κ2) is 11.8. The number of rotatable bonds is 7. The lowest BCUT2D eigenvalue weighted by atomic mass is 9.89. The Morgan fingerprint density at radius 3 is 2.44 bits per heavy atom. The number of nitrogens with one attached hydrogen (secondary N) is 3. The van der Waals surface area contributed by atoms with E-state index in [1.54, 1.807) is 24.4 Å². The minimum atomic E-state index is -0.803. The monoisotopic (exact) mass is 556 g/mol. The normalized spacial score (nSPS) is 21.4. The van der Waals surface area contributed by atoms with E-state index in [-0.39, 0.29) is 31.0 Å². The fourth-order valence-electron chi connectivity index (χ4n) is 5.22. The molecule has 3 heterocycles. The van der Waals surface area contributed by atoms with E-state index in [1.165, 1.54) is 18.6 Å². The van der Waals surface area contributed by atoms with Crippen molar-refractivity contribution in [2.45, 2.75) is 51.4 Å². The topological polar surface area (TPSA) is 114 Å². The molecule has 1 saturated heterocycles. The summed E-state index contributed by atoms with van der Waals surface area (Å²) in [6, 6.07) is 17.7. The van der Waals surface area contributed by atoms with E-state index in [1.807, 2.05) is 37.3 Å². The van der Waals surface area contributed by atoms with Gasteiger partial charge in [-0.05, 0) is 62.2 Å². The zero-order valence-corrected chi connectivity index (χ0v) is 22.9. The molecule has 0 unspecified atom stereocenters. The van der Waals surface area contributed by atoms with Crippen LogP contribution in [0.25, 0.3) is 22.6 Å². The minimum absolute atomic E-state index is 0.0468. The zero-order chi connectivity index (χ0) is 28.2. The maximum atomic E-state index is 13.7. The molecule has 1 amide bonds. The van der Waals surface area contributed by atoms with E-state index in [4.69, 9.17) is 19.4 Å². The van der Waals surface area contributed by atoms with E-state index in [0.717, 1.165) is 31.4 Å². The van der Waals surface area contributed by atoms with Gasteiger partial charge in [-0.1, -0.05) is 37.5 Å². The van der Waals surface area contributed by atoms with Crippen molar-refractivity contribution < 1.29 is 18.7 Å². The number of carbonyl (C=O) groups excluding carboxylic acids is 1. The zero-order valence-electron chi connectivity index (χ0n) is 22.9. The van der Waals surface area contributed by atoms with Crippen molar-refractivity contribution in [2.24, 2.45) is 5.41 Å². The number of hydrogen-bond donors (Lipinski definition) is 3. The highest BCUT2D eigenvalue weighted by Gasteiger charge is 2.41. The molecule has 212 valence electrons. The number of anilines is 2. The number of benzene rings is 2. The third-order valence-electron chi connectivity index (χ3n) is 7.60. The van der Waals surface area contributed by atoms with Gasteiger partial charge in [-0.2, -0.15) is 0 Å². The molecule has 0 bridgehead atoms. The SMILES string of the molecule is CC1(C(=O)NC2CCCCC2)COC(c2nc(-c3ccc(F)cc3)c(-c3ccnc(Nc4ccccc4)n3)[nH]2)OC1. The molecule has 9 nitrogen and oxygen atoms in total. The Morgan fingerprint density at radius 2 is 1.71 bits per heavy atom. The van der Waals surface area contributed by atoms with Crippen molar-refractivity contribution >= 4 is 17.5 Å². The Labute approximate surface area is 237 Å². The second-order valence-electron chi connectivity index (χ2n) is 10.9. The Kier molecular flexibility index (Phi) is 7.76. The quantitative estimate of drug-likeness (QED) is 0.259. The molecule has 41 heavy (non-hydrogen) atoms. The summed E-state index contributed by atoms with van der Waals surface area (Å²) in [7, 11) is 0.